The van der Waals surface area contributed by atoms with Crippen LogP contribution in [0.1, 0.15) is 12.8 Å². The van der Waals surface area contributed by atoms with Crippen LogP contribution < -0.4 is 15.4 Å². The Kier molecular flexibility index (Phi) is 3.84. The number of aromatic nitrogens is 1. The van der Waals surface area contributed by atoms with Gasteiger partial charge in [-0.25, -0.2) is 18.5 Å². The first-order chi connectivity index (χ1) is 8.50. The summed E-state index contributed by atoms with van der Waals surface area (Å²) < 4.78 is 22.3. The fraction of sp³-hybridized carbons (Fsp3) is 0.545. The van der Waals surface area contributed by atoms with Crippen LogP contribution in [0.3, 0.4) is 0 Å². The first-order valence-electron chi connectivity index (χ1n) is 5.92. The van der Waals surface area contributed by atoms with Gasteiger partial charge in [0.1, 0.15) is 10.7 Å². The van der Waals surface area contributed by atoms with E-state index in [4.69, 9.17) is 5.14 Å². The number of hydrogen-bond acceptors (Lipinski definition) is 5. The molecule has 1 atom stereocenters. The molecule has 0 amide bonds. The number of primary sulfonamides is 1. The van der Waals surface area contributed by atoms with Crippen LogP contribution in [0.2, 0.25) is 0 Å². The van der Waals surface area contributed by atoms with Crippen molar-refractivity contribution in [2.45, 2.75) is 23.8 Å². The maximum atomic E-state index is 11.1. The summed E-state index contributed by atoms with van der Waals surface area (Å²) in [7, 11) is -1.71. The van der Waals surface area contributed by atoms with E-state index in [0.29, 0.717) is 6.04 Å². The summed E-state index contributed by atoms with van der Waals surface area (Å²) in [6.07, 6.45) is 3.57. The van der Waals surface area contributed by atoms with Crippen molar-refractivity contribution in [2.75, 3.05) is 25.0 Å². The molecular formula is C11H18N4O2S. The molecule has 0 radical (unpaired) electrons. The number of nitrogens with two attached hydrogens (primary N) is 1. The number of nitrogens with one attached hydrogen (secondary N) is 1. The van der Waals surface area contributed by atoms with Gasteiger partial charge in [-0.15, -0.1) is 0 Å². The number of anilines is 1. The zero-order chi connectivity index (χ0) is 13.2. The van der Waals surface area contributed by atoms with E-state index in [0.717, 1.165) is 31.7 Å². The number of likely N-dealkylation sites (N-methyl/N-ethyl adjacent to an activating group) is 1. The molecule has 7 heteroatoms. The van der Waals surface area contributed by atoms with Crippen molar-refractivity contribution in [3.05, 3.63) is 18.3 Å². The Bertz CT molecular complexity index is 500. The topological polar surface area (TPSA) is 88.3 Å². The van der Waals surface area contributed by atoms with E-state index in [2.05, 4.69) is 15.2 Å². The minimum atomic E-state index is -3.66. The number of piperidine rings is 1. The fourth-order valence-electron chi connectivity index (χ4n) is 2.15. The molecule has 0 aliphatic carbocycles. The van der Waals surface area contributed by atoms with Crippen molar-refractivity contribution < 1.29 is 8.42 Å². The van der Waals surface area contributed by atoms with E-state index in [-0.39, 0.29) is 4.90 Å². The normalized spacial score (nSPS) is 21.0. The van der Waals surface area contributed by atoms with Crippen LogP contribution in [-0.2, 0) is 10.0 Å². The van der Waals surface area contributed by atoms with Crippen LogP contribution in [0.5, 0.6) is 0 Å². The van der Waals surface area contributed by atoms with Gasteiger partial charge in [0.15, 0.2) is 0 Å². The lowest BCUT2D eigenvalue weighted by atomic mass is 10.1. The Balaban J connectivity index is 2.14. The number of rotatable bonds is 3. The van der Waals surface area contributed by atoms with E-state index >= 15 is 0 Å². The first kappa shape index (κ1) is 13.3. The largest absolute Gasteiger partial charge is 0.355 e. The highest BCUT2D eigenvalue weighted by Gasteiger charge is 2.19. The maximum absolute atomic E-state index is 11.1. The monoisotopic (exact) mass is 270 g/mol. The summed E-state index contributed by atoms with van der Waals surface area (Å²) in [5.41, 5.74) is 0. The van der Waals surface area contributed by atoms with Crippen LogP contribution in [0.25, 0.3) is 0 Å². The number of pyridine rings is 1. The van der Waals surface area contributed by atoms with Crippen LogP contribution in [0.4, 0.5) is 5.82 Å². The second kappa shape index (κ2) is 5.21. The molecule has 0 bridgehead atoms. The molecule has 6 nitrogen and oxygen atoms in total. The van der Waals surface area contributed by atoms with Gasteiger partial charge in [-0.3, -0.25) is 0 Å². The second-order valence-electron chi connectivity index (χ2n) is 4.47. The number of nitrogens with zero attached hydrogens (tertiary/aromatic N) is 2. The zero-order valence-corrected chi connectivity index (χ0v) is 11.2. The molecule has 0 saturated carbocycles. The van der Waals surface area contributed by atoms with Crippen molar-refractivity contribution in [3.63, 3.8) is 0 Å². The molecule has 18 heavy (non-hydrogen) atoms. The Morgan fingerprint density at radius 1 is 1.50 bits per heavy atom. The van der Waals surface area contributed by atoms with Crippen LogP contribution in [0.15, 0.2) is 23.2 Å². The Hall–Kier alpha value is -1.18. The van der Waals surface area contributed by atoms with Crippen molar-refractivity contribution in [1.82, 2.24) is 10.3 Å². The average Bonchev–Trinajstić information content (AvgIpc) is 2.38. The molecule has 2 heterocycles. The van der Waals surface area contributed by atoms with Gasteiger partial charge in [0.2, 0.25) is 10.0 Å². The van der Waals surface area contributed by atoms with Gasteiger partial charge in [0, 0.05) is 25.3 Å². The quantitative estimate of drug-likeness (QED) is 0.802. The zero-order valence-electron chi connectivity index (χ0n) is 10.3. The highest BCUT2D eigenvalue weighted by atomic mass is 32.2. The van der Waals surface area contributed by atoms with Crippen molar-refractivity contribution in [1.29, 1.82) is 0 Å². The summed E-state index contributed by atoms with van der Waals surface area (Å²) in [5, 5.41) is 8.29. The molecule has 1 unspecified atom stereocenters. The van der Waals surface area contributed by atoms with Crippen LogP contribution in [0, 0.1) is 0 Å². The van der Waals surface area contributed by atoms with Gasteiger partial charge in [-0.2, -0.15) is 0 Å². The Morgan fingerprint density at radius 2 is 2.28 bits per heavy atom. The predicted molar refractivity (Wildman–Crippen MR) is 69.9 cm³/mol. The molecule has 100 valence electrons. The van der Waals surface area contributed by atoms with Gasteiger partial charge in [-0.05, 0) is 32.0 Å². The lowest BCUT2D eigenvalue weighted by Gasteiger charge is -2.33. The van der Waals surface area contributed by atoms with Gasteiger partial charge >= 0.3 is 0 Å². The van der Waals surface area contributed by atoms with Gasteiger partial charge in [0.05, 0.1) is 0 Å². The lowest BCUT2D eigenvalue weighted by molar-refractivity contribution is 0.447. The molecule has 1 aromatic rings. The van der Waals surface area contributed by atoms with E-state index < -0.39 is 10.0 Å². The summed E-state index contributed by atoms with van der Waals surface area (Å²) in [4.78, 5) is 6.38. The fourth-order valence-corrected chi connectivity index (χ4v) is 2.61. The molecule has 1 aromatic heterocycles. The minimum absolute atomic E-state index is 0.0495. The molecule has 1 saturated heterocycles. The number of hydrogen-bond donors (Lipinski definition) is 2. The van der Waals surface area contributed by atoms with Gasteiger partial charge in [-0.1, -0.05) is 0 Å². The van der Waals surface area contributed by atoms with Crippen LogP contribution >= 0.6 is 0 Å². The Morgan fingerprint density at radius 3 is 2.83 bits per heavy atom. The van der Waals surface area contributed by atoms with E-state index in [1.54, 1.807) is 6.07 Å². The van der Waals surface area contributed by atoms with E-state index in [9.17, 15) is 8.42 Å². The number of sulfonamides is 1. The maximum Gasteiger partial charge on any atom is 0.239 e. The van der Waals surface area contributed by atoms with E-state index in [1.807, 2.05) is 7.05 Å². The molecule has 0 spiro atoms. The van der Waals surface area contributed by atoms with Crippen molar-refractivity contribution in [2.24, 2.45) is 5.14 Å². The summed E-state index contributed by atoms with van der Waals surface area (Å²) in [5.74, 6) is 0.794. The average molecular weight is 270 g/mol. The molecule has 1 aliphatic heterocycles. The van der Waals surface area contributed by atoms with Crippen LogP contribution in [-0.4, -0.2) is 39.6 Å². The second-order valence-corrected chi connectivity index (χ2v) is 6.03. The highest BCUT2D eigenvalue weighted by molar-refractivity contribution is 7.89. The SMILES string of the molecule is CNC1CCCN(c2ccc(S(N)(=O)=O)cn2)C1. The molecule has 0 aromatic carbocycles. The lowest BCUT2D eigenvalue weighted by Crippen LogP contribution is -2.44. The third-order valence-corrected chi connectivity index (χ3v) is 4.10. The summed E-state index contributed by atoms with van der Waals surface area (Å²) in [6.45, 7) is 1.83. The van der Waals surface area contributed by atoms with E-state index in [1.165, 1.54) is 12.3 Å². The first-order valence-corrected chi connectivity index (χ1v) is 7.46. The smallest absolute Gasteiger partial charge is 0.239 e. The molecule has 2 rings (SSSR count). The summed E-state index contributed by atoms with van der Waals surface area (Å²) in [6, 6.07) is 3.66. The predicted octanol–water partition coefficient (Wildman–Crippen LogP) is -0.0828. The molecule has 1 aliphatic rings. The minimum Gasteiger partial charge on any atom is -0.355 e. The van der Waals surface area contributed by atoms with Crippen molar-refractivity contribution in [3.8, 4) is 0 Å². The molecule has 1 fully saturated rings. The standard InChI is InChI=1S/C11H18N4O2S/c1-13-9-3-2-6-15(8-9)11-5-4-10(7-14-11)18(12,16)17/h4-5,7,9,13H,2-3,6,8H2,1H3,(H2,12,16,17). The Labute approximate surface area is 107 Å². The third kappa shape index (κ3) is 2.98. The highest BCUT2D eigenvalue weighted by Crippen LogP contribution is 2.18. The molecular weight excluding hydrogens is 252 g/mol. The van der Waals surface area contributed by atoms with Crippen molar-refractivity contribution >= 4 is 15.8 Å². The summed E-state index contributed by atoms with van der Waals surface area (Å²) >= 11 is 0. The van der Waals surface area contributed by atoms with Gasteiger partial charge in [0.25, 0.3) is 0 Å². The third-order valence-electron chi connectivity index (χ3n) is 3.20. The van der Waals surface area contributed by atoms with Gasteiger partial charge < -0.3 is 10.2 Å². The molecule has 3 N–H and O–H groups in total.